The van der Waals surface area contributed by atoms with Gasteiger partial charge in [0, 0.05) is 0 Å². The minimum atomic E-state index is -0.117. The van der Waals surface area contributed by atoms with Gasteiger partial charge in [-0.2, -0.15) is 0 Å². The van der Waals surface area contributed by atoms with Gasteiger partial charge in [-0.3, -0.25) is 0 Å². The smallest absolute Gasteiger partial charge is 0.120 e. The van der Waals surface area contributed by atoms with Crippen LogP contribution in [0.3, 0.4) is 0 Å². The first-order valence-electron chi connectivity index (χ1n) is 10.4. The van der Waals surface area contributed by atoms with E-state index in [4.69, 9.17) is 4.74 Å². The first kappa shape index (κ1) is 21.8. The van der Waals surface area contributed by atoms with Gasteiger partial charge in [0.25, 0.3) is 0 Å². The van der Waals surface area contributed by atoms with Crippen LogP contribution < -0.4 is 4.74 Å². The van der Waals surface area contributed by atoms with Gasteiger partial charge in [0.15, 0.2) is 0 Å². The van der Waals surface area contributed by atoms with E-state index in [0.717, 1.165) is 11.3 Å². The third-order valence-electron chi connectivity index (χ3n) is 5.29. The Bertz CT molecular complexity index is 457. The van der Waals surface area contributed by atoms with E-state index < -0.39 is 0 Å². The molecular weight excluding hydrogens is 304 g/mol. The van der Waals surface area contributed by atoms with Crippen LogP contribution in [0.4, 0.5) is 0 Å². The number of hydrogen-bond donors (Lipinski definition) is 0. The Morgan fingerprint density at radius 1 is 0.880 bits per heavy atom. The topological polar surface area (TPSA) is 9.23 Å². The van der Waals surface area contributed by atoms with Gasteiger partial charge < -0.3 is 4.74 Å². The van der Waals surface area contributed by atoms with Crippen molar-refractivity contribution < 1.29 is 4.74 Å². The molecule has 1 unspecified atom stereocenters. The standard InChI is InChI=1S/C24H40O/c1-6-9-11-12-13-14-16-22(15-10-7-2)24(4,5)25-23-19-17-21(8-3)18-20-23/h8,17-20,22H,3,6-7,9-16H2,1-2,4-5H3. The van der Waals surface area contributed by atoms with Crippen LogP contribution in [-0.2, 0) is 0 Å². The summed E-state index contributed by atoms with van der Waals surface area (Å²) in [7, 11) is 0. The van der Waals surface area contributed by atoms with Crippen molar-refractivity contribution >= 4 is 6.08 Å². The molecule has 0 aliphatic heterocycles. The van der Waals surface area contributed by atoms with Crippen LogP contribution in [0.25, 0.3) is 6.08 Å². The lowest BCUT2D eigenvalue weighted by Crippen LogP contribution is -2.37. The normalized spacial score (nSPS) is 12.8. The number of unbranched alkanes of at least 4 members (excludes halogenated alkanes) is 6. The fourth-order valence-electron chi connectivity index (χ4n) is 3.52. The Labute approximate surface area is 156 Å². The molecule has 0 saturated heterocycles. The highest BCUT2D eigenvalue weighted by molar-refractivity contribution is 5.48. The fraction of sp³-hybridized carbons (Fsp3) is 0.667. The van der Waals surface area contributed by atoms with E-state index in [1.807, 2.05) is 6.08 Å². The van der Waals surface area contributed by atoms with E-state index >= 15 is 0 Å². The molecule has 0 bridgehead atoms. The lowest BCUT2D eigenvalue weighted by Gasteiger charge is -2.35. The molecule has 0 N–H and O–H groups in total. The Morgan fingerprint density at radius 3 is 2.04 bits per heavy atom. The van der Waals surface area contributed by atoms with E-state index in [-0.39, 0.29) is 5.60 Å². The second-order valence-corrected chi connectivity index (χ2v) is 7.87. The summed E-state index contributed by atoms with van der Waals surface area (Å²) in [4.78, 5) is 0. The number of ether oxygens (including phenoxy) is 1. The van der Waals surface area contributed by atoms with Gasteiger partial charge in [-0.1, -0.05) is 90.0 Å². The van der Waals surface area contributed by atoms with Gasteiger partial charge in [-0.25, -0.2) is 0 Å². The molecule has 0 fully saturated rings. The lowest BCUT2D eigenvalue weighted by molar-refractivity contribution is 0.0325. The van der Waals surface area contributed by atoms with E-state index in [0.29, 0.717) is 5.92 Å². The van der Waals surface area contributed by atoms with Crippen LogP contribution in [0.2, 0.25) is 0 Å². The molecule has 0 radical (unpaired) electrons. The predicted molar refractivity (Wildman–Crippen MR) is 112 cm³/mol. The summed E-state index contributed by atoms with van der Waals surface area (Å²) in [6, 6.07) is 8.29. The van der Waals surface area contributed by atoms with Crippen molar-refractivity contribution in [3.8, 4) is 5.75 Å². The summed E-state index contributed by atoms with van der Waals surface area (Å²) < 4.78 is 6.42. The molecule has 0 amide bonds. The monoisotopic (exact) mass is 344 g/mol. The highest BCUT2D eigenvalue weighted by Crippen LogP contribution is 2.32. The van der Waals surface area contributed by atoms with Crippen LogP contribution in [0.1, 0.15) is 97.5 Å². The zero-order chi connectivity index (χ0) is 18.5. The maximum atomic E-state index is 6.42. The van der Waals surface area contributed by atoms with Crippen molar-refractivity contribution in [2.24, 2.45) is 5.92 Å². The van der Waals surface area contributed by atoms with Gasteiger partial charge in [0.05, 0.1) is 0 Å². The molecule has 0 saturated carbocycles. The van der Waals surface area contributed by atoms with Crippen LogP contribution in [0, 0.1) is 5.92 Å². The molecule has 25 heavy (non-hydrogen) atoms. The Morgan fingerprint density at radius 2 is 1.44 bits per heavy atom. The van der Waals surface area contributed by atoms with Gasteiger partial charge in [0.1, 0.15) is 11.4 Å². The lowest BCUT2D eigenvalue weighted by atomic mass is 9.82. The molecule has 1 aromatic rings. The largest absolute Gasteiger partial charge is 0.488 e. The molecule has 0 aromatic heterocycles. The van der Waals surface area contributed by atoms with Crippen molar-refractivity contribution in [1.29, 1.82) is 0 Å². The minimum absolute atomic E-state index is 0.117. The first-order valence-corrected chi connectivity index (χ1v) is 10.4. The summed E-state index contributed by atoms with van der Waals surface area (Å²) in [5.74, 6) is 1.60. The quantitative estimate of drug-likeness (QED) is 0.310. The summed E-state index contributed by atoms with van der Waals surface area (Å²) >= 11 is 0. The van der Waals surface area contributed by atoms with Gasteiger partial charge >= 0.3 is 0 Å². The summed E-state index contributed by atoms with van der Waals surface area (Å²) in [6.07, 6.45) is 15.2. The highest BCUT2D eigenvalue weighted by Gasteiger charge is 2.30. The van der Waals surface area contributed by atoms with Crippen molar-refractivity contribution in [2.75, 3.05) is 0 Å². The van der Waals surface area contributed by atoms with Crippen LogP contribution >= 0.6 is 0 Å². The zero-order valence-corrected chi connectivity index (χ0v) is 17.2. The molecule has 0 heterocycles. The maximum absolute atomic E-state index is 6.42. The second-order valence-electron chi connectivity index (χ2n) is 7.87. The van der Waals surface area contributed by atoms with Gasteiger partial charge in [-0.15, -0.1) is 0 Å². The van der Waals surface area contributed by atoms with E-state index in [1.54, 1.807) is 0 Å². The van der Waals surface area contributed by atoms with E-state index in [9.17, 15) is 0 Å². The molecule has 1 nitrogen and oxygen atoms in total. The average Bonchev–Trinajstić information content (AvgIpc) is 2.60. The average molecular weight is 345 g/mol. The number of hydrogen-bond acceptors (Lipinski definition) is 1. The first-order chi connectivity index (χ1) is 12.0. The minimum Gasteiger partial charge on any atom is -0.488 e. The summed E-state index contributed by atoms with van der Waals surface area (Å²) in [5.41, 5.74) is 1.02. The highest BCUT2D eigenvalue weighted by atomic mass is 16.5. The zero-order valence-electron chi connectivity index (χ0n) is 17.2. The molecule has 1 heteroatoms. The maximum Gasteiger partial charge on any atom is 0.120 e. The van der Waals surface area contributed by atoms with Crippen LogP contribution in [0.15, 0.2) is 30.8 Å². The molecular formula is C24H40O. The van der Waals surface area contributed by atoms with Crippen LogP contribution in [0.5, 0.6) is 5.75 Å². The molecule has 142 valence electrons. The van der Waals surface area contributed by atoms with Crippen molar-refractivity contribution in [2.45, 2.75) is 97.5 Å². The Hall–Kier alpha value is -1.24. The van der Waals surface area contributed by atoms with Crippen LogP contribution in [-0.4, -0.2) is 5.60 Å². The van der Waals surface area contributed by atoms with Crippen molar-refractivity contribution in [3.05, 3.63) is 36.4 Å². The van der Waals surface area contributed by atoms with Crippen molar-refractivity contribution in [1.82, 2.24) is 0 Å². The fourth-order valence-corrected chi connectivity index (χ4v) is 3.52. The second kappa shape index (κ2) is 12.2. The summed E-state index contributed by atoms with van der Waals surface area (Å²) in [5, 5.41) is 0. The Balaban J connectivity index is 2.58. The SMILES string of the molecule is C=Cc1ccc(OC(C)(C)C(CCCC)CCCCCCCC)cc1. The third kappa shape index (κ3) is 8.61. The molecule has 0 spiro atoms. The Kier molecular flexibility index (Phi) is 10.6. The molecule has 0 aliphatic rings. The van der Waals surface area contributed by atoms with E-state index in [1.165, 1.54) is 64.2 Å². The van der Waals surface area contributed by atoms with Gasteiger partial charge in [0.2, 0.25) is 0 Å². The molecule has 1 rings (SSSR count). The van der Waals surface area contributed by atoms with Gasteiger partial charge in [-0.05, 0) is 50.3 Å². The summed E-state index contributed by atoms with van der Waals surface area (Å²) in [6.45, 7) is 12.9. The predicted octanol–water partition coefficient (Wildman–Crippen LogP) is 8.04. The number of rotatable bonds is 14. The molecule has 1 aromatic carbocycles. The third-order valence-corrected chi connectivity index (χ3v) is 5.29. The van der Waals surface area contributed by atoms with Crippen molar-refractivity contribution in [3.63, 3.8) is 0 Å². The molecule has 1 atom stereocenters. The molecule has 0 aliphatic carbocycles. The number of benzene rings is 1. The van der Waals surface area contributed by atoms with E-state index in [2.05, 4.69) is 58.5 Å².